The molecular weight excluding hydrogens is 342 g/mol. The molecule has 1 unspecified atom stereocenters. The van der Waals surface area contributed by atoms with Gasteiger partial charge in [0.25, 0.3) is 0 Å². The molecule has 1 aliphatic rings. The Morgan fingerprint density at radius 2 is 2.08 bits per heavy atom. The second-order valence-corrected chi connectivity index (χ2v) is 7.92. The van der Waals surface area contributed by atoms with Gasteiger partial charge in [-0.1, -0.05) is 13.8 Å². The molecule has 1 saturated carbocycles. The van der Waals surface area contributed by atoms with E-state index in [2.05, 4.69) is 24.6 Å². The first kappa shape index (κ1) is 19.6. The number of nitrogens with one attached hydrogen (secondary N) is 2. The fourth-order valence-electron chi connectivity index (χ4n) is 2.93. The van der Waals surface area contributed by atoms with Crippen LogP contribution in [0, 0.1) is 0 Å². The van der Waals surface area contributed by atoms with Crippen molar-refractivity contribution in [1.82, 2.24) is 19.7 Å². The van der Waals surface area contributed by atoms with Crippen LogP contribution in [0.3, 0.4) is 0 Å². The van der Waals surface area contributed by atoms with Gasteiger partial charge in [0.1, 0.15) is 17.8 Å². The van der Waals surface area contributed by atoms with Crippen LogP contribution < -0.4 is 9.62 Å². The van der Waals surface area contributed by atoms with Gasteiger partial charge < -0.3 is 15.0 Å². The lowest BCUT2D eigenvalue weighted by atomic mass is 9.86. The van der Waals surface area contributed by atoms with E-state index in [1.54, 1.807) is 0 Å². The largest absolute Gasteiger partial charge is 0.392 e. The quantitative estimate of drug-likeness (QED) is 0.707. The smallest absolute Gasteiger partial charge is 0.214 e. The molecular formula is C16H27N5O3S. The van der Waals surface area contributed by atoms with Gasteiger partial charge in [-0.3, -0.25) is 0 Å². The van der Waals surface area contributed by atoms with Crippen molar-refractivity contribution < 1.29 is 13.5 Å². The van der Waals surface area contributed by atoms with Gasteiger partial charge in [0.2, 0.25) is 10.0 Å². The highest BCUT2D eigenvalue weighted by molar-refractivity contribution is 7.89. The third-order valence-electron chi connectivity index (χ3n) is 4.13. The maximum Gasteiger partial charge on any atom is 0.214 e. The third-order valence-corrected chi connectivity index (χ3v) is 5.75. The highest BCUT2D eigenvalue weighted by atomic mass is 32.2. The monoisotopic (exact) mass is 369 g/mol. The van der Waals surface area contributed by atoms with Crippen LogP contribution in [-0.2, 0) is 10.0 Å². The van der Waals surface area contributed by atoms with Crippen LogP contribution in [0.5, 0.6) is 0 Å². The first-order valence-corrected chi connectivity index (χ1v) is 10.2. The first-order valence-electron chi connectivity index (χ1n) is 8.54. The van der Waals surface area contributed by atoms with Crippen LogP contribution in [0.1, 0.15) is 33.6 Å². The Morgan fingerprint density at radius 1 is 1.40 bits per heavy atom. The third kappa shape index (κ3) is 4.68. The van der Waals surface area contributed by atoms with Gasteiger partial charge in [0.05, 0.1) is 17.2 Å². The molecule has 0 spiro atoms. The highest BCUT2D eigenvalue weighted by Gasteiger charge is 2.35. The lowest BCUT2D eigenvalue weighted by molar-refractivity contribution is 0.217. The van der Waals surface area contributed by atoms with Crippen molar-refractivity contribution >= 4 is 26.9 Å². The standard InChI is InChI=1S/C14H21N5O3S.C2H6/c1-9(20)7-23(21,22)18-10-5-11(6-10)19(2)14-12-3-4-15-13(12)16-8-17-14;1-2/h3-4,8-11,18,20H,5-7H2,1-2H3,(H,15,16,17);1-2H3. The number of hydrogen-bond acceptors (Lipinski definition) is 6. The topological polar surface area (TPSA) is 111 Å². The van der Waals surface area contributed by atoms with E-state index in [0.29, 0.717) is 12.8 Å². The second-order valence-electron chi connectivity index (χ2n) is 6.12. The molecule has 8 nitrogen and oxygen atoms in total. The summed E-state index contributed by atoms with van der Waals surface area (Å²) in [5.74, 6) is 0.575. The van der Waals surface area contributed by atoms with E-state index in [-0.39, 0.29) is 17.8 Å². The zero-order valence-electron chi connectivity index (χ0n) is 15.1. The minimum absolute atomic E-state index is 0.0882. The number of hydrogen-bond donors (Lipinski definition) is 3. The lowest BCUT2D eigenvalue weighted by Crippen LogP contribution is -2.53. The molecule has 0 amide bonds. The molecule has 0 aliphatic heterocycles. The maximum atomic E-state index is 11.8. The number of fused-ring (bicyclic) bond motifs is 1. The Labute approximate surface area is 148 Å². The van der Waals surface area contributed by atoms with Gasteiger partial charge in [-0.05, 0) is 25.8 Å². The summed E-state index contributed by atoms with van der Waals surface area (Å²) in [7, 11) is -1.47. The summed E-state index contributed by atoms with van der Waals surface area (Å²) in [5.41, 5.74) is 0.787. The molecule has 1 aliphatic carbocycles. The van der Waals surface area contributed by atoms with E-state index in [1.807, 2.05) is 33.2 Å². The summed E-state index contributed by atoms with van der Waals surface area (Å²) in [5, 5.41) is 10.2. The van der Waals surface area contributed by atoms with E-state index in [1.165, 1.54) is 13.3 Å². The molecule has 0 saturated heterocycles. The Balaban J connectivity index is 0.00000109. The van der Waals surface area contributed by atoms with E-state index in [4.69, 9.17) is 0 Å². The first-order chi connectivity index (χ1) is 11.9. The maximum absolute atomic E-state index is 11.8. The predicted octanol–water partition coefficient (Wildman–Crippen LogP) is 1.25. The normalized spacial score (nSPS) is 21.2. The molecule has 2 aromatic heterocycles. The fourth-order valence-corrected chi connectivity index (χ4v) is 4.36. The van der Waals surface area contributed by atoms with Crippen LogP contribution >= 0.6 is 0 Å². The molecule has 25 heavy (non-hydrogen) atoms. The molecule has 0 radical (unpaired) electrons. The molecule has 1 atom stereocenters. The van der Waals surface area contributed by atoms with Crippen molar-refractivity contribution in [3.8, 4) is 0 Å². The molecule has 3 rings (SSSR count). The van der Waals surface area contributed by atoms with Crippen LogP contribution in [-0.4, -0.2) is 59.5 Å². The molecule has 2 heterocycles. The number of aromatic nitrogens is 3. The van der Waals surface area contributed by atoms with Gasteiger partial charge in [0.15, 0.2) is 0 Å². The van der Waals surface area contributed by atoms with Gasteiger partial charge in [0, 0.05) is 25.3 Å². The van der Waals surface area contributed by atoms with Crippen LogP contribution in [0.2, 0.25) is 0 Å². The van der Waals surface area contributed by atoms with E-state index >= 15 is 0 Å². The summed E-state index contributed by atoms with van der Waals surface area (Å²) < 4.78 is 26.3. The number of rotatable bonds is 6. The molecule has 140 valence electrons. The molecule has 1 fully saturated rings. The van der Waals surface area contributed by atoms with Crippen LogP contribution in [0.15, 0.2) is 18.6 Å². The van der Waals surface area contributed by atoms with Crippen molar-refractivity contribution in [2.24, 2.45) is 0 Å². The molecule has 0 bridgehead atoms. The minimum Gasteiger partial charge on any atom is -0.392 e. The number of H-pyrrole nitrogens is 1. The van der Waals surface area contributed by atoms with Gasteiger partial charge in [-0.25, -0.2) is 23.1 Å². The average molecular weight is 369 g/mol. The summed E-state index contributed by atoms with van der Waals surface area (Å²) in [4.78, 5) is 13.6. The zero-order valence-corrected chi connectivity index (χ0v) is 15.9. The summed E-state index contributed by atoms with van der Waals surface area (Å²) in [6, 6.07) is 2.07. The van der Waals surface area contributed by atoms with E-state index in [0.717, 1.165) is 16.9 Å². The second kappa shape index (κ2) is 8.11. The van der Waals surface area contributed by atoms with Crippen molar-refractivity contribution in [3.63, 3.8) is 0 Å². The zero-order chi connectivity index (χ0) is 18.6. The Morgan fingerprint density at radius 3 is 2.72 bits per heavy atom. The molecule has 9 heteroatoms. The van der Waals surface area contributed by atoms with Crippen LogP contribution in [0.4, 0.5) is 5.82 Å². The van der Waals surface area contributed by atoms with E-state index < -0.39 is 16.1 Å². The number of nitrogens with zero attached hydrogens (tertiary/aromatic N) is 3. The molecule has 2 aromatic rings. The SMILES string of the molecule is CC.CC(O)CS(=O)(=O)NC1CC(N(C)c2ncnc3[nH]ccc23)C1. The highest BCUT2D eigenvalue weighted by Crippen LogP contribution is 2.31. The fraction of sp³-hybridized carbons (Fsp3) is 0.625. The van der Waals surface area contributed by atoms with Crippen LogP contribution in [0.25, 0.3) is 11.0 Å². The van der Waals surface area contributed by atoms with Gasteiger partial charge in [-0.2, -0.15) is 0 Å². The number of aliphatic hydroxyl groups is 1. The summed E-state index contributed by atoms with van der Waals surface area (Å²) in [6.45, 7) is 5.47. The van der Waals surface area contributed by atoms with Gasteiger partial charge >= 0.3 is 0 Å². The number of aliphatic hydroxyl groups excluding tert-OH is 1. The van der Waals surface area contributed by atoms with Crippen molar-refractivity contribution in [2.75, 3.05) is 17.7 Å². The molecule has 3 N–H and O–H groups in total. The number of aromatic amines is 1. The Kier molecular flexibility index (Phi) is 6.36. The number of sulfonamides is 1. The minimum atomic E-state index is -3.43. The predicted molar refractivity (Wildman–Crippen MR) is 99.1 cm³/mol. The van der Waals surface area contributed by atoms with Gasteiger partial charge in [-0.15, -0.1) is 0 Å². The molecule has 0 aromatic carbocycles. The lowest BCUT2D eigenvalue weighted by Gasteiger charge is -2.41. The Hall–Kier alpha value is -1.71. The Bertz CT molecular complexity index is 784. The summed E-state index contributed by atoms with van der Waals surface area (Å²) in [6.07, 6.45) is 3.90. The number of anilines is 1. The van der Waals surface area contributed by atoms with Crippen molar-refractivity contribution in [1.29, 1.82) is 0 Å². The summed E-state index contributed by atoms with van der Waals surface area (Å²) >= 11 is 0. The van der Waals surface area contributed by atoms with E-state index in [9.17, 15) is 13.5 Å². The van der Waals surface area contributed by atoms with Crippen molar-refractivity contribution in [3.05, 3.63) is 18.6 Å². The van der Waals surface area contributed by atoms with Crippen molar-refractivity contribution in [2.45, 2.75) is 51.8 Å². The average Bonchev–Trinajstić information content (AvgIpc) is 2.99.